The van der Waals surface area contributed by atoms with Crippen molar-refractivity contribution >= 4 is 16.1 Å². The lowest BCUT2D eigenvalue weighted by Crippen LogP contribution is -2.40. The predicted octanol–water partition coefficient (Wildman–Crippen LogP) is 1.35. The van der Waals surface area contributed by atoms with Crippen LogP contribution in [-0.2, 0) is 10.0 Å². The third-order valence-electron chi connectivity index (χ3n) is 2.29. The van der Waals surface area contributed by atoms with Crippen LogP contribution in [-0.4, -0.2) is 32.3 Å². The first kappa shape index (κ1) is 13.5. The van der Waals surface area contributed by atoms with Crippen molar-refractivity contribution < 1.29 is 13.2 Å². The highest BCUT2D eigenvalue weighted by Gasteiger charge is 2.24. The van der Waals surface area contributed by atoms with E-state index in [4.69, 9.17) is 0 Å². The molecule has 0 aliphatic rings. The maximum absolute atomic E-state index is 12.0. The summed E-state index contributed by atoms with van der Waals surface area (Å²) < 4.78 is 24.8. The van der Waals surface area contributed by atoms with Crippen LogP contribution >= 0.6 is 0 Å². The van der Waals surface area contributed by atoms with Crippen molar-refractivity contribution in [3.63, 3.8) is 0 Å². The Morgan fingerprint density at radius 2 is 1.82 bits per heavy atom. The van der Waals surface area contributed by atoms with Gasteiger partial charge in [-0.05, 0) is 26.0 Å². The summed E-state index contributed by atoms with van der Waals surface area (Å²) in [5, 5.41) is 2.44. The molecule has 17 heavy (non-hydrogen) atoms. The van der Waals surface area contributed by atoms with E-state index in [9.17, 15) is 13.2 Å². The minimum Gasteiger partial charge on any atom is -0.337 e. The predicted molar refractivity (Wildman–Crippen MR) is 65.2 cm³/mol. The maximum Gasteiger partial charge on any atom is 0.331 e. The second kappa shape index (κ2) is 5.18. The quantitative estimate of drug-likeness (QED) is 0.887. The zero-order valence-electron chi connectivity index (χ0n) is 10.1. The van der Waals surface area contributed by atoms with Crippen molar-refractivity contribution in [2.75, 3.05) is 13.6 Å². The molecule has 1 aromatic rings. The van der Waals surface area contributed by atoms with Gasteiger partial charge in [-0.15, -0.1) is 0 Å². The van der Waals surface area contributed by atoms with Gasteiger partial charge in [0.05, 0.1) is 4.90 Å². The molecule has 0 atom stereocenters. The van der Waals surface area contributed by atoms with Crippen molar-refractivity contribution in [2.24, 2.45) is 0 Å². The highest BCUT2D eigenvalue weighted by Crippen LogP contribution is 2.14. The number of sulfonamides is 1. The molecular formula is C11H16N2O3S. The number of carbonyl (C=O) groups excluding carboxylic acids is 1. The van der Waals surface area contributed by atoms with Crippen molar-refractivity contribution in [3.8, 4) is 0 Å². The molecule has 94 valence electrons. The van der Waals surface area contributed by atoms with E-state index >= 15 is 0 Å². The Kier molecular flexibility index (Phi) is 4.11. The number of hydrogen-bond donors (Lipinski definition) is 1. The molecule has 0 aliphatic carbocycles. The van der Waals surface area contributed by atoms with Gasteiger partial charge >= 0.3 is 6.03 Å². The molecule has 0 bridgehead atoms. The number of nitrogens with zero attached hydrogens (tertiary/aromatic N) is 1. The monoisotopic (exact) mass is 256 g/mol. The SMILES string of the molecule is CCNC(=O)N(C)S(=O)(=O)c1ccc(C)cc1. The van der Waals surface area contributed by atoms with Gasteiger partial charge in [-0.3, -0.25) is 0 Å². The van der Waals surface area contributed by atoms with Gasteiger partial charge in [0.15, 0.2) is 0 Å². The van der Waals surface area contributed by atoms with Crippen LogP contribution in [0.4, 0.5) is 4.79 Å². The Bertz CT molecular complexity index is 494. The third kappa shape index (κ3) is 2.97. The van der Waals surface area contributed by atoms with E-state index in [1.165, 1.54) is 19.2 Å². The van der Waals surface area contributed by atoms with Crippen molar-refractivity contribution in [3.05, 3.63) is 29.8 Å². The molecule has 6 heteroatoms. The van der Waals surface area contributed by atoms with Crippen LogP contribution < -0.4 is 5.32 Å². The highest BCUT2D eigenvalue weighted by molar-refractivity contribution is 7.89. The minimum absolute atomic E-state index is 0.108. The zero-order chi connectivity index (χ0) is 13.1. The van der Waals surface area contributed by atoms with E-state index in [0.717, 1.165) is 5.56 Å². The van der Waals surface area contributed by atoms with Crippen molar-refractivity contribution in [2.45, 2.75) is 18.7 Å². The van der Waals surface area contributed by atoms with Crippen LogP contribution in [0, 0.1) is 6.92 Å². The molecule has 0 fully saturated rings. The molecule has 1 rings (SSSR count). The fourth-order valence-electron chi connectivity index (χ4n) is 1.24. The molecule has 0 aromatic heterocycles. The molecule has 0 saturated carbocycles. The number of benzene rings is 1. The van der Waals surface area contributed by atoms with E-state index in [0.29, 0.717) is 10.8 Å². The van der Waals surface area contributed by atoms with Crippen LogP contribution in [0.2, 0.25) is 0 Å². The molecule has 0 aliphatic heterocycles. The Morgan fingerprint density at radius 1 is 1.29 bits per heavy atom. The van der Waals surface area contributed by atoms with Crippen LogP contribution in [0.3, 0.4) is 0 Å². The smallest absolute Gasteiger partial charge is 0.331 e. The van der Waals surface area contributed by atoms with E-state index in [1.807, 2.05) is 6.92 Å². The molecule has 0 saturated heterocycles. The Labute approximate surface area is 101 Å². The summed E-state index contributed by atoms with van der Waals surface area (Å²) in [6.07, 6.45) is 0. The van der Waals surface area contributed by atoms with E-state index in [2.05, 4.69) is 5.32 Å². The Hall–Kier alpha value is -1.56. The fourth-order valence-corrected chi connectivity index (χ4v) is 2.32. The highest BCUT2D eigenvalue weighted by atomic mass is 32.2. The van der Waals surface area contributed by atoms with E-state index in [-0.39, 0.29) is 4.90 Å². The second-order valence-electron chi connectivity index (χ2n) is 3.62. The van der Waals surface area contributed by atoms with Gasteiger partial charge in [0.2, 0.25) is 0 Å². The van der Waals surface area contributed by atoms with Crippen LogP contribution in [0.25, 0.3) is 0 Å². The summed E-state index contributed by atoms with van der Waals surface area (Å²) in [4.78, 5) is 11.6. The summed E-state index contributed by atoms with van der Waals surface area (Å²) in [6, 6.07) is 5.73. The number of urea groups is 1. The zero-order valence-corrected chi connectivity index (χ0v) is 10.9. The Balaban J connectivity index is 3.03. The normalized spacial score (nSPS) is 11.0. The molecular weight excluding hydrogens is 240 g/mol. The number of hydrogen-bond acceptors (Lipinski definition) is 3. The van der Waals surface area contributed by atoms with Gasteiger partial charge in [-0.1, -0.05) is 17.7 Å². The average Bonchev–Trinajstić information content (AvgIpc) is 2.29. The molecule has 2 amide bonds. The second-order valence-corrected chi connectivity index (χ2v) is 5.59. The fraction of sp³-hybridized carbons (Fsp3) is 0.364. The van der Waals surface area contributed by atoms with E-state index in [1.54, 1.807) is 19.1 Å². The number of amides is 2. The summed E-state index contributed by atoms with van der Waals surface area (Å²) >= 11 is 0. The lowest BCUT2D eigenvalue weighted by atomic mass is 10.2. The van der Waals surface area contributed by atoms with E-state index < -0.39 is 16.1 Å². The molecule has 0 spiro atoms. The van der Waals surface area contributed by atoms with Crippen LogP contribution in [0.5, 0.6) is 0 Å². The largest absolute Gasteiger partial charge is 0.337 e. The minimum atomic E-state index is -3.76. The van der Waals surface area contributed by atoms with Crippen LogP contribution in [0.15, 0.2) is 29.2 Å². The number of nitrogens with one attached hydrogen (secondary N) is 1. The summed E-state index contributed by atoms with van der Waals surface area (Å²) in [5.41, 5.74) is 0.963. The molecule has 5 nitrogen and oxygen atoms in total. The van der Waals surface area contributed by atoms with Gasteiger partial charge in [0.1, 0.15) is 0 Å². The first-order chi connectivity index (χ1) is 7.89. The Morgan fingerprint density at radius 3 is 2.29 bits per heavy atom. The third-order valence-corrected chi connectivity index (χ3v) is 4.05. The summed E-state index contributed by atoms with van der Waals surface area (Å²) in [6.45, 7) is 3.97. The van der Waals surface area contributed by atoms with Crippen LogP contribution in [0.1, 0.15) is 12.5 Å². The number of carbonyl (C=O) groups is 1. The summed E-state index contributed by atoms with van der Waals surface area (Å²) in [5.74, 6) is 0. The molecule has 0 unspecified atom stereocenters. The lowest BCUT2D eigenvalue weighted by Gasteiger charge is -2.17. The van der Waals surface area contributed by atoms with Gasteiger partial charge in [0, 0.05) is 13.6 Å². The molecule has 0 radical (unpaired) electrons. The number of rotatable bonds is 3. The van der Waals surface area contributed by atoms with Gasteiger partial charge < -0.3 is 5.32 Å². The lowest BCUT2D eigenvalue weighted by molar-refractivity contribution is 0.229. The topological polar surface area (TPSA) is 66.5 Å². The van der Waals surface area contributed by atoms with Gasteiger partial charge in [0.25, 0.3) is 10.0 Å². The first-order valence-electron chi connectivity index (χ1n) is 5.23. The number of aryl methyl sites for hydroxylation is 1. The van der Waals surface area contributed by atoms with Crippen molar-refractivity contribution in [1.82, 2.24) is 9.62 Å². The maximum atomic E-state index is 12.0. The van der Waals surface area contributed by atoms with Gasteiger partial charge in [-0.25, -0.2) is 17.5 Å². The van der Waals surface area contributed by atoms with Crippen molar-refractivity contribution in [1.29, 1.82) is 0 Å². The van der Waals surface area contributed by atoms with Gasteiger partial charge in [-0.2, -0.15) is 0 Å². The first-order valence-corrected chi connectivity index (χ1v) is 6.67. The molecule has 1 aromatic carbocycles. The summed E-state index contributed by atoms with van der Waals surface area (Å²) in [7, 11) is -2.52. The average molecular weight is 256 g/mol. The molecule has 0 heterocycles. The molecule has 1 N–H and O–H groups in total. The standard InChI is InChI=1S/C11H16N2O3S/c1-4-12-11(14)13(3)17(15,16)10-7-5-9(2)6-8-10/h5-8H,4H2,1-3H3,(H,12,14).